The molecule has 0 heterocycles. The van der Waals surface area contributed by atoms with Gasteiger partial charge in [-0.2, -0.15) is 0 Å². The van der Waals surface area contributed by atoms with E-state index in [9.17, 15) is 9.59 Å². The first-order chi connectivity index (χ1) is 10.5. The van der Waals surface area contributed by atoms with Crippen LogP contribution >= 0.6 is 0 Å². The molecule has 1 N–H and O–H groups in total. The van der Waals surface area contributed by atoms with Gasteiger partial charge in [0, 0.05) is 5.69 Å². The van der Waals surface area contributed by atoms with E-state index in [2.05, 4.69) is 5.32 Å². The summed E-state index contributed by atoms with van der Waals surface area (Å²) in [6.45, 7) is 5.45. The average Bonchev–Trinajstić information content (AvgIpc) is 2.50. The number of carbonyl (C=O) groups is 2. The van der Waals surface area contributed by atoms with Crippen LogP contribution in [-0.4, -0.2) is 18.5 Å². The number of hydrogen-bond donors (Lipinski definition) is 1. The van der Waals surface area contributed by atoms with E-state index in [0.29, 0.717) is 11.3 Å². The van der Waals surface area contributed by atoms with Crippen molar-refractivity contribution in [3.8, 4) is 0 Å². The second-order valence-electron chi connectivity index (χ2n) is 5.24. The maximum atomic E-state index is 12.0. The van der Waals surface area contributed by atoms with Gasteiger partial charge in [-0.15, -0.1) is 0 Å². The van der Waals surface area contributed by atoms with Gasteiger partial charge >= 0.3 is 5.97 Å². The maximum absolute atomic E-state index is 12.0. The molecule has 22 heavy (non-hydrogen) atoms. The lowest BCUT2D eigenvalue weighted by atomic mass is 10.0. The van der Waals surface area contributed by atoms with Crippen LogP contribution in [0.15, 0.2) is 42.5 Å². The maximum Gasteiger partial charge on any atom is 0.338 e. The molecule has 0 spiro atoms. The average molecular weight is 297 g/mol. The molecule has 0 unspecified atom stereocenters. The zero-order valence-electron chi connectivity index (χ0n) is 13.0. The number of hydrogen-bond acceptors (Lipinski definition) is 3. The van der Waals surface area contributed by atoms with Crippen LogP contribution in [0.1, 0.15) is 27.0 Å². The molecule has 0 saturated carbocycles. The van der Waals surface area contributed by atoms with E-state index < -0.39 is 5.97 Å². The Morgan fingerprint density at radius 1 is 1.00 bits per heavy atom. The number of anilines is 1. The quantitative estimate of drug-likeness (QED) is 0.880. The number of carbonyl (C=O) groups excluding carboxylic acids is 2. The number of esters is 1. The fraction of sp³-hybridized carbons (Fsp3) is 0.222. The molecule has 0 aliphatic carbocycles. The van der Waals surface area contributed by atoms with E-state index in [0.717, 1.165) is 16.7 Å². The van der Waals surface area contributed by atoms with Crippen LogP contribution in [0, 0.1) is 20.8 Å². The zero-order valence-corrected chi connectivity index (χ0v) is 13.0. The third-order valence-electron chi connectivity index (χ3n) is 3.49. The number of aryl methyl sites for hydroxylation is 2. The molecule has 0 radical (unpaired) electrons. The van der Waals surface area contributed by atoms with Gasteiger partial charge in [-0.05, 0) is 50.1 Å². The molecule has 0 aliphatic heterocycles. The van der Waals surface area contributed by atoms with Crippen LogP contribution < -0.4 is 5.32 Å². The van der Waals surface area contributed by atoms with Crippen molar-refractivity contribution in [2.45, 2.75) is 20.8 Å². The monoisotopic (exact) mass is 297 g/mol. The van der Waals surface area contributed by atoms with Gasteiger partial charge in [0.05, 0.1) is 5.56 Å². The molecule has 2 aromatic carbocycles. The zero-order chi connectivity index (χ0) is 16.1. The number of benzene rings is 2. The molecule has 0 atom stereocenters. The molecule has 0 saturated heterocycles. The second kappa shape index (κ2) is 6.89. The van der Waals surface area contributed by atoms with E-state index in [-0.39, 0.29) is 12.5 Å². The molecule has 2 aromatic rings. The summed E-state index contributed by atoms with van der Waals surface area (Å²) in [6, 6.07) is 12.8. The second-order valence-corrected chi connectivity index (χ2v) is 5.24. The van der Waals surface area contributed by atoms with Crippen molar-refractivity contribution in [2.75, 3.05) is 11.9 Å². The van der Waals surface area contributed by atoms with Crippen LogP contribution in [0.2, 0.25) is 0 Å². The van der Waals surface area contributed by atoms with Crippen LogP contribution in [0.25, 0.3) is 0 Å². The van der Waals surface area contributed by atoms with Crippen molar-refractivity contribution in [3.05, 3.63) is 64.7 Å². The SMILES string of the molecule is Cc1ccc(NC(=O)COC(=O)c2cccc(C)c2C)cc1. The first-order valence-electron chi connectivity index (χ1n) is 7.07. The van der Waals surface area contributed by atoms with Gasteiger partial charge in [0.1, 0.15) is 0 Å². The van der Waals surface area contributed by atoms with Gasteiger partial charge in [0.2, 0.25) is 0 Å². The summed E-state index contributed by atoms with van der Waals surface area (Å²) in [5.41, 5.74) is 4.16. The van der Waals surface area contributed by atoms with Gasteiger partial charge in [-0.1, -0.05) is 29.8 Å². The van der Waals surface area contributed by atoms with E-state index in [1.165, 1.54) is 0 Å². The smallest absolute Gasteiger partial charge is 0.338 e. The summed E-state index contributed by atoms with van der Waals surface area (Å²) >= 11 is 0. The minimum absolute atomic E-state index is 0.305. The topological polar surface area (TPSA) is 55.4 Å². The van der Waals surface area contributed by atoms with E-state index in [1.807, 2.05) is 39.0 Å². The van der Waals surface area contributed by atoms with Crippen LogP contribution in [0.5, 0.6) is 0 Å². The van der Waals surface area contributed by atoms with E-state index in [1.54, 1.807) is 24.3 Å². The highest BCUT2D eigenvalue weighted by Crippen LogP contribution is 2.14. The molecule has 0 bridgehead atoms. The number of ether oxygens (including phenoxy) is 1. The predicted molar refractivity (Wildman–Crippen MR) is 86.0 cm³/mol. The first kappa shape index (κ1) is 15.8. The number of amides is 1. The van der Waals surface area contributed by atoms with Gasteiger partial charge < -0.3 is 10.1 Å². The first-order valence-corrected chi connectivity index (χ1v) is 7.07. The third kappa shape index (κ3) is 3.95. The van der Waals surface area contributed by atoms with Crippen molar-refractivity contribution in [2.24, 2.45) is 0 Å². The molecule has 0 aliphatic rings. The van der Waals surface area contributed by atoms with Crippen LogP contribution in [0.3, 0.4) is 0 Å². The lowest BCUT2D eigenvalue weighted by Gasteiger charge is -2.09. The fourth-order valence-corrected chi connectivity index (χ4v) is 2.02. The molecular formula is C18H19NO3. The minimum Gasteiger partial charge on any atom is -0.452 e. The summed E-state index contributed by atoms with van der Waals surface area (Å²) in [5.74, 6) is -0.845. The van der Waals surface area contributed by atoms with E-state index >= 15 is 0 Å². The van der Waals surface area contributed by atoms with Crippen molar-refractivity contribution >= 4 is 17.6 Å². The Labute approximate surface area is 130 Å². The van der Waals surface area contributed by atoms with Crippen molar-refractivity contribution in [3.63, 3.8) is 0 Å². The fourth-order valence-electron chi connectivity index (χ4n) is 2.02. The minimum atomic E-state index is -0.486. The highest BCUT2D eigenvalue weighted by molar-refractivity contribution is 5.96. The lowest BCUT2D eigenvalue weighted by Crippen LogP contribution is -2.21. The Bertz CT molecular complexity index is 690. The summed E-state index contributed by atoms with van der Waals surface area (Å²) < 4.78 is 5.07. The van der Waals surface area contributed by atoms with Crippen molar-refractivity contribution in [1.29, 1.82) is 0 Å². The Kier molecular flexibility index (Phi) is 4.94. The van der Waals surface area contributed by atoms with Crippen molar-refractivity contribution in [1.82, 2.24) is 0 Å². The standard InChI is InChI=1S/C18H19NO3/c1-12-7-9-15(10-8-12)19-17(20)11-22-18(21)16-6-4-5-13(2)14(16)3/h4-10H,11H2,1-3H3,(H,19,20). The Morgan fingerprint density at radius 3 is 2.36 bits per heavy atom. The normalized spacial score (nSPS) is 10.1. The number of nitrogens with one attached hydrogen (secondary N) is 1. The molecule has 4 nitrogen and oxygen atoms in total. The molecule has 114 valence electrons. The molecule has 1 amide bonds. The summed E-state index contributed by atoms with van der Waals surface area (Å²) in [6.07, 6.45) is 0. The molecule has 0 aromatic heterocycles. The van der Waals surface area contributed by atoms with Gasteiger partial charge in [0.25, 0.3) is 5.91 Å². The Balaban J connectivity index is 1.92. The molecule has 0 fully saturated rings. The van der Waals surface area contributed by atoms with Crippen LogP contribution in [0.4, 0.5) is 5.69 Å². The Hall–Kier alpha value is -2.62. The van der Waals surface area contributed by atoms with Gasteiger partial charge in [0.15, 0.2) is 6.61 Å². The third-order valence-corrected chi connectivity index (χ3v) is 3.49. The van der Waals surface area contributed by atoms with Gasteiger partial charge in [-0.25, -0.2) is 4.79 Å². The predicted octanol–water partition coefficient (Wildman–Crippen LogP) is 3.41. The largest absolute Gasteiger partial charge is 0.452 e. The Morgan fingerprint density at radius 2 is 1.68 bits per heavy atom. The number of rotatable bonds is 4. The molecular weight excluding hydrogens is 278 g/mol. The highest BCUT2D eigenvalue weighted by atomic mass is 16.5. The molecule has 2 rings (SSSR count). The van der Waals surface area contributed by atoms with Gasteiger partial charge in [-0.3, -0.25) is 4.79 Å². The lowest BCUT2D eigenvalue weighted by molar-refractivity contribution is -0.119. The summed E-state index contributed by atoms with van der Waals surface area (Å²) in [5, 5.41) is 2.69. The van der Waals surface area contributed by atoms with E-state index in [4.69, 9.17) is 4.74 Å². The highest BCUT2D eigenvalue weighted by Gasteiger charge is 2.13. The van der Waals surface area contributed by atoms with Crippen LogP contribution in [-0.2, 0) is 9.53 Å². The molecule has 4 heteroatoms. The summed E-state index contributed by atoms with van der Waals surface area (Å²) in [4.78, 5) is 23.8. The summed E-state index contributed by atoms with van der Waals surface area (Å²) in [7, 11) is 0. The van der Waals surface area contributed by atoms with Crippen molar-refractivity contribution < 1.29 is 14.3 Å².